The first kappa shape index (κ1) is 18.9. The van der Waals surface area contributed by atoms with E-state index in [-0.39, 0.29) is 11.8 Å². The maximum Gasteiger partial charge on any atom is 0.252 e. The van der Waals surface area contributed by atoms with Gasteiger partial charge >= 0.3 is 0 Å². The van der Waals surface area contributed by atoms with Crippen molar-refractivity contribution in [3.8, 4) is 5.69 Å². The van der Waals surface area contributed by atoms with Crippen LogP contribution in [0, 0.1) is 13.8 Å². The summed E-state index contributed by atoms with van der Waals surface area (Å²) in [6, 6.07) is 21.9. The Bertz CT molecular complexity index is 1150. The maximum atomic E-state index is 13.1. The van der Waals surface area contributed by atoms with Crippen molar-refractivity contribution < 1.29 is 4.79 Å². The molecule has 0 bridgehead atoms. The maximum absolute atomic E-state index is 13.1. The molecular weight excluding hydrogens is 360 g/mol. The van der Waals surface area contributed by atoms with E-state index in [1.807, 2.05) is 68.4 Å². The number of rotatable bonds is 5. The van der Waals surface area contributed by atoms with Crippen LogP contribution in [0.15, 0.2) is 66.7 Å². The Morgan fingerprint density at radius 1 is 1.03 bits per heavy atom. The van der Waals surface area contributed by atoms with Crippen LogP contribution in [-0.2, 0) is 0 Å². The summed E-state index contributed by atoms with van der Waals surface area (Å²) in [7, 11) is 0. The number of hydrogen-bond donors (Lipinski definition) is 1. The highest BCUT2D eigenvalue weighted by molar-refractivity contribution is 6.06. The van der Waals surface area contributed by atoms with Crippen LogP contribution in [0.25, 0.3) is 16.7 Å². The zero-order valence-corrected chi connectivity index (χ0v) is 16.9. The molecule has 1 atom stereocenters. The summed E-state index contributed by atoms with van der Waals surface area (Å²) >= 11 is 0. The molecule has 0 radical (unpaired) electrons. The predicted molar refractivity (Wildman–Crippen MR) is 116 cm³/mol. The number of carbonyl (C=O) groups is 1. The van der Waals surface area contributed by atoms with Crippen molar-refractivity contribution >= 4 is 16.9 Å². The van der Waals surface area contributed by atoms with Gasteiger partial charge in [0.25, 0.3) is 5.91 Å². The first-order valence-corrected chi connectivity index (χ1v) is 9.80. The lowest BCUT2D eigenvalue weighted by Gasteiger charge is -2.14. The van der Waals surface area contributed by atoms with Crippen molar-refractivity contribution in [2.24, 2.45) is 0 Å². The Balaban J connectivity index is 1.67. The smallest absolute Gasteiger partial charge is 0.252 e. The molecule has 5 nitrogen and oxygen atoms in total. The fourth-order valence-electron chi connectivity index (χ4n) is 3.58. The van der Waals surface area contributed by atoms with Gasteiger partial charge in [0.05, 0.1) is 22.3 Å². The standard InChI is InChI=1S/C24H24N4O/c1-16(19-10-6-4-7-11-19)15-25-24(29)21-14-17(2)26-23-22(21)18(3)27-28(23)20-12-8-5-9-13-20/h4-14,16H,15H2,1-3H3,(H,25,29)/t16-/m0/s1. The zero-order chi connectivity index (χ0) is 20.4. The molecule has 0 saturated heterocycles. The van der Waals surface area contributed by atoms with E-state index in [0.717, 1.165) is 22.5 Å². The van der Waals surface area contributed by atoms with E-state index in [0.29, 0.717) is 17.8 Å². The van der Waals surface area contributed by atoms with Crippen molar-refractivity contribution in [3.63, 3.8) is 0 Å². The minimum Gasteiger partial charge on any atom is -0.351 e. The van der Waals surface area contributed by atoms with Crippen molar-refractivity contribution in [2.75, 3.05) is 6.54 Å². The van der Waals surface area contributed by atoms with E-state index in [9.17, 15) is 4.79 Å². The Morgan fingerprint density at radius 2 is 1.69 bits per heavy atom. The number of aromatic nitrogens is 3. The molecule has 0 aliphatic rings. The molecule has 0 fully saturated rings. The lowest BCUT2D eigenvalue weighted by molar-refractivity contribution is 0.0953. The SMILES string of the molecule is Cc1cc(C(=O)NC[C@H](C)c2ccccc2)c2c(C)nn(-c3ccccc3)c2n1. The summed E-state index contributed by atoms with van der Waals surface area (Å²) in [4.78, 5) is 17.7. The third-order valence-electron chi connectivity index (χ3n) is 5.12. The van der Waals surface area contributed by atoms with Gasteiger partial charge in [-0.15, -0.1) is 0 Å². The Labute approximate surface area is 170 Å². The quantitative estimate of drug-likeness (QED) is 0.548. The second-order valence-electron chi connectivity index (χ2n) is 7.36. The van der Waals surface area contributed by atoms with Gasteiger partial charge in [-0.3, -0.25) is 4.79 Å². The molecule has 29 heavy (non-hydrogen) atoms. The molecule has 0 aliphatic heterocycles. The molecule has 2 aromatic carbocycles. The van der Waals surface area contributed by atoms with Crippen LogP contribution in [0.4, 0.5) is 0 Å². The highest BCUT2D eigenvalue weighted by atomic mass is 16.1. The van der Waals surface area contributed by atoms with Crippen LogP contribution in [0.2, 0.25) is 0 Å². The average Bonchev–Trinajstić information content (AvgIpc) is 3.08. The Kier molecular flexibility index (Phi) is 5.12. The van der Waals surface area contributed by atoms with E-state index in [2.05, 4.69) is 34.5 Å². The molecule has 4 rings (SSSR count). The van der Waals surface area contributed by atoms with E-state index in [4.69, 9.17) is 0 Å². The van der Waals surface area contributed by atoms with Gasteiger partial charge < -0.3 is 5.32 Å². The number of pyridine rings is 1. The lowest BCUT2D eigenvalue weighted by Crippen LogP contribution is -2.28. The van der Waals surface area contributed by atoms with Crippen LogP contribution in [0.3, 0.4) is 0 Å². The number of carbonyl (C=O) groups excluding carboxylic acids is 1. The number of benzene rings is 2. The van der Waals surface area contributed by atoms with Crippen molar-refractivity contribution in [1.82, 2.24) is 20.1 Å². The first-order chi connectivity index (χ1) is 14.0. The minimum atomic E-state index is -0.0982. The van der Waals surface area contributed by atoms with Gasteiger partial charge in [-0.2, -0.15) is 5.10 Å². The molecule has 2 heterocycles. The number of para-hydroxylation sites is 1. The second-order valence-corrected chi connectivity index (χ2v) is 7.36. The van der Waals surface area contributed by atoms with E-state index in [1.165, 1.54) is 5.56 Å². The summed E-state index contributed by atoms with van der Waals surface area (Å²) < 4.78 is 1.81. The van der Waals surface area contributed by atoms with Crippen LogP contribution >= 0.6 is 0 Å². The monoisotopic (exact) mass is 384 g/mol. The molecule has 1 amide bonds. The summed E-state index contributed by atoms with van der Waals surface area (Å²) in [5.41, 5.74) is 5.03. The molecule has 0 spiro atoms. The third-order valence-corrected chi connectivity index (χ3v) is 5.12. The number of aryl methyl sites for hydroxylation is 2. The van der Waals surface area contributed by atoms with Crippen molar-refractivity contribution in [3.05, 3.63) is 89.2 Å². The van der Waals surface area contributed by atoms with Crippen LogP contribution in [-0.4, -0.2) is 27.2 Å². The third kappa shape index (κ3) is 3.76. The minimum absolute atomic E-state index is 0.0982. The average molecular weight is 384 g/mol. The molecule has 0 aliphatic carbocycles. The van der Waals surface area contributed by atoms with Crippen molar-refractivity contribution in [1.29, 1.82) is 0 Å². The highest BCUT2D eigenvalue weighted by Gasteiger charge is 2.20. The Morgan fingerprint density at radius 3 is 2.38 bits per heavy atom. The zero-order valence-electron chi connectivity index (χ0n) is 16.9. The summed E-state index contributed by atoms with van der Waals surface area (Å²) in [6.45, 7) is 6.50. The highest BCUT2D eigenvalue weighted by Crippen LogP contribution is 2.25. The normalized spacial score (nSPS) is 12.1. The van der Waals surface area contributed by atoms with Gasteiger partial charge in [-0.25, -0.2) is 9.67 Å². The molecule has 1 N–H and O–H groups in total. The van der Waals surface area contributed by atoms with E-state index >= 15 is 0 Å². The molecule has 146 valence electrons. The first-order valence-electron chi connectivity index (χ1n) is 9.80. The molecule has 0 unspecified atom stereocenters. The molecule has 5 heteroatoms. The molecular formula is C24H24N4O. The molecule has 4 aromatic rings. The lowest BCUT2D eigenvalue weighted by atomic mass is 10.0. The summed E-state index contributed by atoms with van der Waals surface area (Å²) in [5.74, 6) is 0.130. The number of amides is 1. The summed E-state index contributed by atoms with van der Waals surface area (Å²) in [6.07, 6.45) is 0. The van der Waals surface area contributed by atoms with Gasteiger partial charge in [-0.1, -0.05) is 55.5 Å². The van der Waals surface area contributed by atoms with E-state index < -0.39 is 0 Å². The van der Waals surface area contributed by atoms with Crippen LogP contribution in [0.1, 0.15) is 40.2 Å². The number of hydrogen-bond acceptors (Lipinski definition) is 3. The fourth-order valence-corrected chi connectivity index (χ4v) is 3.58. The van der Waals surface area contributed by atoms with Gasteiger partial charge in [0.1, 0.15) is 0 Å². The number of nitrogens with zero attached hydrogens (tertiary/aromatic N) is 3. The van der Waals surface area contributed by atoms with Gasteiger partial charge in [0, 0.05) is 12.2 Å². The Hall–Kier alpha value is -3.47. The summed E-state index contributed by atoms with van der Waals surface area (Å²) in [5, 5.41) is 8.55. The van der Waals surface area contributed by atoms with E-state index in [1.54, 1.807) is 4.68 Å². The fraction of sp³-hybridized carbons (Fsp3) is 0.208. The topological polar surface area (TPSA) is 59.8 Å². The van der Waals surface area contributed by atoms with Gasteiger partial charge in [0.15, 0.2) is 5.65 Å². The van der Waals surface area contributed by atoms with Crippen LogP contribution < -0.4 is 5.32 Å². The number of fused-ring (bicyclic) bond motifs is 1. The second kappa shape index (κ2) is 7.87. The van der Waals surface area contributed by atoms with Crippen LogP contribution in [0.5, 0.6) is 0 Å². The molecule has 2 aromatic heterocycles. The molecule has 0 saturated carbocycles. The van der Waals surface area contributed by atoms with Gasteiger partial charge in [-0.05, 0) is 43.5 Å². The predicted octanol–water partition coefficient (Wildman–Crippen LogP) is 4.57. The van der Waals surface area contributed by atoms with Gasteiger partial charge in [0.2, 0.25) is 0 Å². The number of nitrogens with one attached hydrogen (secondary N) is 1. The van der Waals surface area contributed by atoms with Crippen molar-refractivity contribution in [2.45, 2.75) is 26.7 Å². The largest absolute Gasteiger partial charge is 0.351 e.